The first-order valence-corrected chi connectivity index (χ1v) is 10.9. The largest absolute Gasteiger partial charge is 0.464 e. The SMILES string of the molecule is O=c1oc2cc3occ(-c4ccc(-c5ccccc5)cc4)c3cc2c2c1CCCCC2. The van der Waals surface area contributed by atoms with Crippen molar-refractivity contribution < 1.29 is 8.83 Å². The lowest BCUT2D eigenvalue weighted by Crippen LogP contribution is -2.10. The van der Waals surface area contributed by atoms with E-state index in [0.29, 0.717) is 5.58 Å². The van der Waals surface area contributed by atoms with Gasteiger partial charge in [-0.3, -0.25) is 0 Å². The number of furan rings is 1. The van der Waals surface area contributed by atoms with Gasteiger partial charge in [0.05, 0.1) is 6.26 Å². The molecule has 152 valence electrons. The van der Waals surface area contributed by atoms with Crippen LogP contribution in [0.5, 0.6) is 0 Å². The van der Waals surface area contributed by atoms with E-state index in [2.05, 4.69) is 54.6 Å². The van der Waals surface area contributed by atoms with E-state index in [1.807, 2.05) is 12.1 Å². The van der Waals surface area contributed by atoms with Gasteiger partial charge in [0.1, 0.15) is 11.2 Å². The van der Waals surface area contributed by atoms with Gasteiger partial charge in [0, 0.05) is 28.0 Å². The van der Waals surface area contributed by atoms with Crippen molar-refractivity contribution >= 4 is 21.9 Å². The molecule has 31 heavy (non-hydrogen) atoms. The van der Waals surface area contributed by atoms with Crippen LogP contribution in [0.3, 0.4) is 0 Å². The van der Waals surface area contributed by atoms with Crippen molar-refractivity contribution in [1.82, 2.24) is 0 Å². The topological polar surface area (TPSA) is 43.4 Å². The average Bonchev–Trinajstić information content (AvgIpc) is 3.05. The van der Waals surface area contributed by atoms with Crippen LogP contribution in [0.15, 0.2) is 86.6 Å². The summed E-state index contributed by atoms with van der Waals surface area (Å²) in [6, 6.07) is 23.0. The van der Waals surface area contributed by atoms with E-state index >= 15 is 0 Å². The highest BCUT2D eigenvalue weighted by atomic mass is 16.4. The van der Waals surface area contributed by atoms with Gasteiger partial charge in [-0.05, 0) is 54.0 Å². The number of fused-ring (bicyclic) bond motifs is 4. The van der Waals surface area contributed by atoms with E-state index in [0.717, 1.165) is 70.7 Å². The summed E-state index contributed by atoms with van der Waals surface area (Å²) in [7, 11) is 0. The lowest BCUT2D eigenvalue weighted by Gasteiger charge is -2.09. The van der Waals surface area contributed by atoms with Crippen LogP contribution in [0.1, 0.15) is 30.4 Å². The van der Waals surface area contributed by atoms with Gasteiger partial charge < -0.3 is 8.83 Å². The second-order valence-corrected chi connectivity index (χ2v) is 8.34. The molecular weight excluding hydrogens is 384 g/mol. The summed E-state index contributed by atoms with van der Waals surface area (Å²) >= 11 is 0. The Morgan fingerprint density at radius 3 is 2.16 bits per heavy atom. The van der Waals surface area contributed by atoms with E-state index in [1.54, 1.807) is 6.26 Å². The first kappa shape index (κ1) is 18.2. The van der Waals surface area contributed by atoms with Crippen LogP contribution in [0, 0.1) is 0 Å². The number of hydrogen-bond acceptors (Lipinski definition) is 3. The maximum Gasteiger partial charge on any atom is 0.339 e. The zero-order chi connectivity index (χ0) is 20.8. The normalized spacial score (nSPS) is 13.9. The fourth-order valence-corrected chi connectivity index (χ4v) is 4.84. The molecule has 0 amide bonds. The number of benzene rings is 3. The molecule has 0 atom stereocenters. The Balaban J connectivity index is 1.50. The standard InChI is InChI=1S/C28H22O3/c29-28-22-10-6-2-5-9-21(22)23-15-24-25(17-30-26(24)16-27(23)31-28)20-13-11-19(12-14-20)18-7-3-1-4-8-18/h1,3-4,7-8,11-17H,2,5-6,9-10H2. The van der Waals surface area contributed by atoms with E-state index in [1.165, 1.54) is 11.1 Å². The third-order valence-electron chi connectivity index (χ3n) is 6.47. The summed E-state index contributed by atoms with van der Waals surface area (Å²) in [6.45, 7) is 0. The Bertz CT molecular complexity index is 1450. The summed E-state index contributed by atoms with van der Waals surface area (Å²) < 4.78 is 11.6. The van der Waals surface area contributed by atoms with Crippen molar-refractivity contribution in [3.63, 3.8) is 0 Å². The maximum absolute atomic E-state index is 12.5. The zero-order valence-corrected chi connectivity index (χ0v) is 17.2. The molecule has 3 heteroatoms. The molecule has 0 spiro atoms. The monoisotopic (exact) mass is 406 g/mol. The van der Waals surface area contributed by atoms with Crippen LogP contribution in [0.25, 0.3) is 44.2 Å². The van der Waals surface area contributed by atoms with Crippen LogP contribution in [0.4, 0.5) is 0 Å². The number of hydrogen-bond donors (Lipinski definition) is 0. The lowest BCUT2D eigenvalue weighted by molar-refractivity contribution is 0.546. The molecule has 2 aromatic heterocycles. The van der Waals surface area contributed by atoms with Gasteiger partial charge >= 0.3 is 5.63 Å². The van der Waals surface area contributed by atoms with Gasteiger partial charge in [-0.25, -0.2) is 4.79 Å². The second-order valence-electron chi connectivity index (χ2n) is 8.34. The Morgan fingerprint density at radius 2 is 1.35 bits per heavy atom. The lowest BCUT2D eigenvalue weighted by atomic mass is 9.96. The fraction of sp³-hybridized carbons (Fsp3) is 0.179. The third-order valence-corrected chi connectivity index (χ3v) is 6.47. The quantitative estimate of drug-likeness (QED) is 0.231. The van der Waals surface area contributed by atoms with E-state index in [9.17, 15) is 4.79 Å². The van der Waals surface area contributed by atoms with E-state index in [-0.39, 0.29) is 5.63 Å². The van der Waals surface area contributed by atoms with Crippen molar-refractivity contribution in [3.05, 3.63) is 94.5 Å². The Hall–Kier alpha value is -3.59. The smallest absolute Gasteiger partial charge is 0.339 e. The highest BCUT2D eigenvalue weighted by Crippen LogP contribution is 2.36. The van der Waals surface area contributed by atoms with Crippen molar-refractivity contribution in [1.29, 1.82) is 0 Å². The van der Waals surface area contributed by atoms with Crippen molar-refractivity contribution in [2.45, 2.75) is 32.1 Å². The molecule has 6 rings (SSSR count). The van der Waals surface area contributed by atoms with Crippen molar-refractivity contribution in [2.24, 2.45) is 0 Å². The summed E-state index contributed by atoms with van der Waals surface area (Å²) in [6.07, 6.45) is 6.87. The van der Waals surface area contributed by atoms with Gasteiger partial charge in [-0.2, -0.15) is 0 Å². The maximum atomic E-state index is 12.5. The summed E-state index contributed by atoms with van der Waals surface area (Å²) in [4.78, 5) is 12.5. The molecule has 0 saturated carbocycles. The molecule has 0 N–H and O–H groups in total. The second kappa shape index (κ2) is 7.28. The van der Waals surface area contributed by atoms with E-state index < -0.39 is 0 Å². The Morgan fingerprint density at radius 1 is 0.645 bits per heavy atom. The predicted octanol–water partition coefficient (Wildman–Crippen LogP) is 7.14. The molecular formula is C28H22O3. The molecule has 1 aliphatic carbocycles. The van der Waals surface area contributed by atoms with Gasteiger partial charge in [0.2, 0.25) is 0 Å². The molecule has 0 bridgehead atoms. The zero-order valence-electron chi connectivity index (χ0n) is 17.2. The van der Waals surface area contributed by atoms with Gasteiger partial charge in [-0.15, -0.1) is 0 Å². The van der Waals surface area contributed by atoms with Crippen LogP contribution in [-0.4, -0.2) is 0 Å². The number of rotatable bonds is 2. The molecule has 3 nitrogen and oxygen atoms in total. The van der Waals surface area contributed by atoms with Gasteiger partial charge in [0.15, 0.2) is 0 Å². The summed E-state index contributed by atoms with van der Waals surface area (Å²) in [5, 5.41) is 2.10. The van der Waals surface area contributed by atoms with Crippen molar-refractivity contribution in [3.8, 4) is 22.3 Å². The molecule has 0 radical (unpaired) electrons. The van der Waals surface area contributed by atoms with Crippen LogP contribution in [0.2, 0.25) is 0 Å². The minimum Gasteiger partial charge on any atom is -0.464 e. The molecule has 1 aliphatic rings. The first-order chi connectivity index (χ1) is 15.3. The minimum atomic E-state index is -0.188. The predicted molar refractivity (Wildman–Crippen MR) is 124 cm³/mol. The first-order valence-electron chi connectivity index (χ1n) is 10.9. The number of aryl methyl sites for hydroxylation is 1. The molecule has 5 aromatic rings. The van der Waals surface area contributed by atoms with Gasteiger partial charge in [-0.1, -0.05) is 61.0 Å². The highest BCUT2D eigenvalue weighted by Gasteiger charge is 2.19. The molecule has 0 unspecified atom stereocenters. The fourth-order valence-electron chi connectivity index (χ4n) is 4.84. The minimum absolute atomic E-state index is 0.188. The molecule has 3 aromatic carbocycles. The third kappa shape index (κ3) is 3.09. The summed E-state index contributed by atoms with van der Waals surface area (Å²) in [5.74, 6) is 0. The van der Waals surface area contributed by atoms with E-state index in [4.69, 9.17) is 8.83 Å². The Kier molecular flexibility index (Phi) is 4.27. The highest BCUT2D eigenvalue weighted by molar-refractivity contribution is 6.02. The molecule has 0 saturated heterocycles. The van der Waals surface area contributed by atoms with Crippen LogP contribution < -0.4 is 5.63 Å². The average molecular weight is 406 g/mol. The molecule has 0 aliphatic heterocycles. The molecule has 0 fully saturated rings. The Labute approximate surface area is 179 Å². The van der Waals surface area contributed by atoms with Crippen LogP contribution in [-0.2, 0) is 12.8 Å². The van der Waals surface area contributed by atoms with Crippen molar-refractivity contribution in [2.75, 3.05) is 0 Å². The van der Waals surface area contributed by atoms with Crippen LogP contribution >= 0.6 is 0 Å². The van der Waals surface area contributed by atoms with Gasteiger partial charge in [0.25, 0.3) is 0 Å². The summed E-state index contributed by atoms with van der Waals surface area (Å²) in [5.41, 5.74) is 7.77. The molecule has 2 heterocycles.